The van der Waals surface area contributed by atoms with E-state index < -0.39 is 10.0 Å². The van der Waals surface area contributed by atoms with Gasteiger partial charge in [-0.2, -0.15) is 11.3 Å². The van der Waals surface area contributed by atoms with E-state index in [0.29, 0.717) is 5.92 Å². The van der Waals surface area contributed by atoms with Crippen molar-refractivity contribution in [1.29, 1.82) is 0 Å². The van der Waals surface area contributed by atoms with Crippen LogP contribution in [-0.2, 0) is 10.0 Å². The highest BCUT2D eigenvalue weighted by Crippen LogP contribution is 2.30. The summed E-state index contributed by atoms with van der Waals surface area (Å²) in [6, 6.07) is 2.09. The van der Waals surface area contributed by atoms with Crippen molar-refractivity contribution in [2.75, 3.05) is 32.9 Å². The quantitative estimate of drug-likeness (QED) is 0.913. The van der Waals surface area contributed by atoms with Gasteiger partial charge < -0.3 is 5.32 Å². The van der Waals surface area contributed by atoms with Crippen LogP contribution in [0.25, 0.3) is 0 Å². The lowest BCUT2D eigenvalue weighted by Gasteiger charge is -2.20. The molecular weight excluding hydrogens is 292 g/mol. The molecule has 0 aromatic carbocycles. The van der Waals surface area contributed by atoms with Crippen molar-refractivity contribution in [3.05, 3.63) is 22.4 Å². The molecule has 18 heavy (non-hydrogen) atoms. The second-order valence-corrected chi connectivity index (χ2v) is 7.65. The molecule has 1 aliphatic rings. The fraction of sp³-hybridized carbons (Fsp3) is 0.636. The van der Waals surface area contributed by atoms with Gasteiger partial charge in [-0.25, -0.2) is 12.7 Å². The van der Waals surface area contributed by atoms with Gasteiger partial charge >= 0.3 is 0 Å². The van der Waals surface area contributed by atoms with E-state index in [4.69, 9.17) is 0 Å². The van der Waals surface area contributed by atoms with Crippen LogP contribution in [-0.4, -0.2) is 45.7 Å². The van der Waals surface area contributed by atoms with E-state index in [1.165, 1.54) is 9.87 Å². The highest BCUT2D eigenvalue weighted by atomic mass is 35.5. The Morgan fingerprint density at radius 1 is 1.44 bits per heavy atom. The molecule has 2 atom stereocenters. The molecule has 1 aliphatic heterocycles. The zero-order valence-electron chi connectivity index (χ0n) is 10.5. The molecule has 104 valence electrons. The predicted octanol–water partition coefficient (Wildman–Crippen LogP) is 1.36. The van der Waals surface area contributed by atoms with Gasteiger partial charge in [0.15, 0.2) is 0 Å². The summed E-state index contributed by atoms with van der Waals surface area (Å²) in [6.45, 7) is 1.66. The SMILES string of the molecule is CN(C)S(=O)(=O)CC1CNCC1c1ccsc1.Cl. The van der Waals surface area contributed by atoms with Crippen LogP contribution in [0.1, 0.15) is 11.5 Å². The van der Waals surface area contributed by atoms with Crippen molar-refractivity contribution >= 4 is 33.8 Å². The molecule has 2 heterocycles. The molecule has 0 bridgehead atoms. The van der Waals surface area contributed by atoms with Crippen molar-refractivity contribution < 1.29 is 8.42 Å². The summed E-state index contributed by atoms with van der Waals surface area (Å²) in [7, 11) is 0.0802. The Labute approximate surface area is 119 Å². The summed E-state index contributed by atoms with van der Waals surface area (Å²) in [5.41, 5.74) is 1.26. The number of hydrogen-bond acceptors (Lipinski definition) is 4. The van der Waals surface area contributed by atoms with Gasteiger partial charge in [0.2, 0.25) is 10.0 Å². The van der Waals surface area contributed by atoms with Crippen molar-refractivity contribution in [3.8, 4) is 0 Å². The molecule has 2 rings (SSSR count). The standard InChI is InChI=1S/C11H18N2O2S2.ClH/c1-13(2)17(14,15)8-10-5-12-6-11(10)9-3-4-16-7-9;/h3-4,7,10-12H,5-6,8H2,1-2H3;1H. The Kier molecular flexibility index (Phi) is 5.61. The average Bonchev–Trinajstić information content (AvgIpc) is 2.85. The van der Waals surface area contributed by atoms with Gasteiger partial charge in [0, 0.05) is 26.6 Å². The molecule has 2 unspecified atom stereocenters. The van der Waals surface area contributed by atoms with Crippen LogP contribution in [0.5, 0.6) is 0 Å². The molecule has 0 amide bonds. The lowest BCUT2D eigenvalue weighted by molar-refractivity contribution is 0.492. The average molecular weight is 311 g/mol. The largest absolute Gasteiger partial charge is 0.316 e. The first-order valence-corrected chi connectivity index (χ1v) is 8.19. The summed E-state index contributed by atoms with van der Waals surface area (Å²) in [6.07, 6.45) is 0. The maximum atomic E-state index is 11.9. The monoisotopic (exact) mass is 310 g/mol. The minimum atomic E-state index is -3.11. The molecule has 0 saturated carbocycles. The van der Waals surface area contributed by atoms with Crippen molar-refractivity contribution in [1.82, 2.24) is 9.62 Å². The predicted molar refractivity (Wildman–Crippen MR) is 78.1 cm³/mol. The van der Waals surface area contributed by atoms with Crippen LogP contribution in [0.15, 0.2) is 16.8 Å². The number of halogens is 1. The first kappa shape index (κ1) is 15.9. The molecule has 0 aliphatic carbocycles. The molecule has 1 fully saturated rings. The third kappa shape index (κ3) is 3.45. The fourth-order valence-corrected chi connectivity index (χ4v) is 4.12. The summed E-state index contributed by atoms with van der Waals surface area (Å²) < 4.78 is 25.1. The number of sulfonamides is 1. The maximum absolute atomic E-state index is 11.9. The number of nitrogens with one attached hydrogen (secondary N) is 1. The van der Waals surface area contributed by atoms with Crippen LogP contribution in [0.4, 0.5) is 0 Å². The Bertz CT molecular complexity index is 459. The van der Waals surface area contributed by atoms with Crippen molar-refractivity contribution in [2.45, 2.75) is 5.92 Å². The molecule has 0 spiro atoms. The normalized spacial score (nSPS) is 24.2. The minimum absolute atomic E-state index is 0. The van der Waals surface area contributed by atoms with E-state index in [1.807, 2.05) is 5.38 Å². The van der Waals surface area contributed by atoms with Gasteiger partial charge in [-0.1, -0.05) is 0 Å². The van der Waals surface area contributed by atoms with Crippen LogP contribution in [0.2, 0.25) is 0 Å². The lowest BCUT2D eigenvalue weighted by Crippen LogP contribution is -2.31. The van der Waals surface area contributed by atoms with E-state index in [-0.39, 0.29) is 24.1 Å². The molecule has 7 heteroatoms. The number of hydrogen-bond donors (Lipinski definition) is 1. The third-order valence-electron chi connectivity index (χ3n) is 3.29. The summed E-state index contributed by atoms with van der Waals surface area (Å²) in [4.78, 5) is 0. The van der Waals surface area contributed by atoms with E-state index >= 15 is 0 Å². The van der Waals surface area contributed by atoms with Crippen molar-refractivity contribution in [2.24, 2.45) is 5.92 Å². The smallest absolute Gasteiger partial charge is 0.213 e. The van der Waals surface area contributed by atoms with Crippen LogP contribution < -0.4 is 5.32 Å². The Morgan fingerprint density at radius 3 is 2.72 bits per heavy atom. The van der Waals surface area contributed by atoms with Crippen LogP contribution in [0.3, 0.4) is 0 Å². The lowest BCUT2D eigenvalue weighted by atomic mass is 9.92. The second kappa shape index (κ2) is 6.34. The molecule has 1 saturated heterocycles. The number of rotatable bonds is 4. The number of nitrogens with zero attached hydrogens (tertiary/aromatic N) is 1. The van der Waals surface area contributed by atoms with Gasteiger partial charge in [-0.3, -0.25) is 0 Å². The van der Waals surface area contributed by atoms with Crippen molar-refractivity contribution in [3.63, 3.8) is 0 Å². The summed E-state index contributed by atoms with van der Waals surface area (Å²) in [5, 5.41) is 7.46. The molecule has 0 radical (unpaired) electrons. The Morgan fingerprint density at radius 2 is 2.17 bits per heavy atom. The Balaban J connectivity index is 0.00000162. The fourth-order valence-electron chi connectivity index (χ4n) is 2.20. The zero-order valence-corrected chi connectivity index (χ0v) is 12.9. The van der Waals surface area contributed by atoms with Crippen LogP contribution in [0, 0.1) is 5.92 Å². The van der Waals surface area contributed by atoms with E-state index in [9.17, 15) is 8.42 Å². The zero-order chi connectivity index (χ0) is 12.5. The second-order valence-electron chi connectivity index (χ2n) is 4.64. The third-order valence-corrected chi connectivity index (χ3v) is 5.96. The number of thiophene rings is 1. The topological polar surface area (TPSA) is 49.4 Å². The summed E-state index contributed by atoms with van der Waals surface area (Å²) in [5.74, 6) is 0.737. The highest BCUT2D eigenvalue weighted by molar-refractivity contribution is 7.89. The molecule has 4 nitrogen and oxygen atoms in total. The maximum Gasteiger partial charge on any atom is 0.213 e. The molecule has 1 aromatic heterocycles. The van der Waals surface area contributed by atoms with Gasteiger partial charge in [0.05, 0.1) is 5.75 Å². The van der Waals surface area contributed by atoms with Gasteiger partial charge in [-0.15, -0.1) is 12.4 Å². The molecule has 1 aromatic rings. The Hall–Kier alpha value is -0.140. The van der Waals surface area contributed by atoms with Gasteiger partial charge in [-0.05, 0) is 34.9 Å². The molecule has 1 N–H and O–H groups in total. The van der Waals surface area contributed by atoms with E-state index in [0.717, 1.165) is 13.1 Å². The first-order chi connectivity index (χ1) is 8.00. The first-order valence-electron chi connectivity index (χ1n) is 5.63. The van der Waals surface area contributed by atoms with E-state index in [1.54, 1.807) is 25.4 Å². The van der Waals surface area contributed by atoms with Gasteiger partial charge in [0.1, 0.15) is 0 Å². The van der Waals surface area contributed by atoms with Crippen LogP contribution >= 0.6 is 23.7 Å². The highest BCUT2D eigenvalue weighted by Gasteiger charge is 2.33. The van der Waals surface area contributed by atoms with E-state index in [2.05, 4.69) is 16.8 Å². The molecular formula is C11H19ClN2O2S2. The summed E-state index contributed by atoms with van der Waals surface area (Å²) >= 11 is 1.67. The minimum Gasteiger partial charge on any atom is -0.316 e. The van der Waals surface area contributed by atoms with Gasteiger partial charge in [0.25, 0.3) is 0 Å².